The van der Waals surface area contributed by atoms with E-state index >= 15 is 0 Å². The lowest BCUT2D eigenvalue weighted by molar-refractivity contribution is 0.0950. The van der Waals surface area contributed by atoms with Gasteiger partial charge in [-0.05, 0) is 48.2 Å². The molecule has 2 aromatic carbocycles. The van der Waals surface area contributed by atoms with Crippen LogP contribution in [0.5, 0.6) is 0 Å². The molecule has 20 heavy (non-hydrogen) atoms. The fraction of sp³-hybridized carbons (Fsp3) is 0.235. The van der Waals surface area contributed by atoms with E-state index in [0.29, 0.717) is 17.7 Å². The first-order valence-corrected chi connectivity index (χ1v) is 6.73. The minimum Gasteiger partial charge on any atom is -0.348 e. The van der Waals surface area contributed by atoms with Crippen LogP contribution in [0.2, 0.25) is 0 Å². The van der Waals surface area contributed by atoms with Gasteiger partial charge >= 0.3 is 0 Å². The number of hydrogen-bond acceptors (Lipinski definition) is 1. The van der Waals surface area contributed by atoms with E-state index in [2.05, 4.69) is 18.3 Å². The smallest absolute Gasteiger partial charge is 0.251 e. The Morgan fingerprint density at radius 3 is 2.50 bits per heavy atom. The van der Waals surface area contributed by atoms with Crippen molar-refractivity contribution >= 4 is 5.91 Å². The van der Waals surface area contributed by atoms with Gasteiger partial charge in [0, 0.05) is 12.1 Å². The summed E-state index contributed by atoms with van der Waals surface area (Å²) in [5, 5.41) is 2.88. The predicted octanol–water partition coefficient (Wildman–Crippen LogP) is 3.63. The fourth-order valence-electron chi connectivity index (χ4n) is 2.14. The number of nitrogens with one attached hydrogen (secondary N) is 1. The van der Waals surface area contributed by atoms with Crippen LogP contribution >= 0.6 is 0 Å². The Balaban J connectivity index is 2.06. The van der Waals surface area contributed by atoms with E-state index in [0.717, 1.165) is 12.0 Å². The SMILES string of the molecule is CCc1ccccc1CNC(=O)c1ccc(F)c(C)c1. The summed E-state index contributed by atoms with van der Waals surface area (Å²) in [5.74, 6) is -0.475. The molecule has 0 fully saturated rings. The first-order valence-electron chi connectivity index (χ1n) is 6.73. The molecule has 0 heterocycles. The van der Waals surface area contributed by atoms with Crippen LogP contribution in [-0.4, -0.2) is 5.91 Å². The largest absolute Gasteiger partial charge is 0.348 e. The Kier molecular flexibility index (Phi) is 4.51. The minimum absolute atomic E-state index is 0.181. The molecule has 0 spiro atoms. The van der Waals surface area contributed by atoms with Crippen LogP contribution in [0.15, 0.2) is 42.5 Å². The Morgan fingerprint density at radius 1 is 1.15 bits per heavy atom. The molecule has 0 bridgehead atoms. The predicted molar refractivity (Wildman–Crippen MR) is 78.1 cm³/mol. The molecule has 2 rings (SSSR count). The molecule has 0 unspecified atom stereocenters. The molecule has 0 aliphatic rings. The second-order valence-corrected chi connectivity index (χ2v) is 4.77. The van der Waals surface area contributed by atoms with E-state index in [1.54, 1.807) is 13.0 Å². The summed E-state index contributed by atoms with van der Waals surface area (Å²) >= 11 is 0. The van der Waals surface area contributed by atoms with Crippen molar-refractivity contribution < 1.29 is 9.18 Å². The molecule has 0 saturated heterocycles. The normalized spacial score (nSPS) is 10.3. The van der Waals surface area contributed by atoms with E-state index in [1.807, 2.05) is 18.2 Å². The van der Waals surface area contributed by atoms with E-state index in [-0.39, 0.29) is 11.7 Å². The molecule has 0 atom stereocenters. The molecule has 0 aliphatic carbocycles. The van der Waals surface area contributed by atoms with E-state index in [9.17, 15) is 9.18 Å². The van der Waals surface area contributed by atoms with Gasteiger partial charge in [0.15, 0.2) is 0 Å². The molecule has 2 aromatic rings. The van der Waals surface area contributed by atoms with Crippen LogP contribution in [0, 0.1) is 12.7 Å². The lowest BCUT2D eigenvalue weighted by atomic mass is 10.1. The van der Waals surface area contributed by atoms with E-state index < -0.39 is 0 Å². The molecule has 1 amide bonds. The number of hydrogen-bond donors (Lipinski definition) is 1. The zero-order valence-corrected chi connectivity index (χ0v) is 11.7. The van der Waals surface area contributed by atoms with Crippen LogP contribution in [0.4, 0.5) is 4.39 Å². The van der Waals surface area contributed by atoms with Gasteiger partial charge in [0.2, 0.25) is 0 Å². The van der Waals surface area contributed by atoms with Crippen molar-refractivity contribution in [2.24, 2.45) is 0 Å². The highest BCUT2D eigenvalue weighted by atomic mass is 19.1. The van der Waals surface area contributed by atoms with Crippen molar-refractivity contribution in [3.8, 4) is 0 Å². The lowest BCUT2D eigenvalue weighted by Crippen LogP contribution is -2.23. The van der Waals surface area contributed by atoms with E-state index in [1.165, 1.54) is 17.7 Å². The maximum atomic E-state index is 13.2. The third-order valence-electron chi connectivity index (χ3n) is 3.36. The number of carbonyl (C=O) groups is 1. The highest BCUT2D eigenvalue weighted by Crippen LogP contribution is 2.11. The molecule has 1 N–H and O–H groups in total. The van der Waals surface area contributed by atoms with Gasteiger partial charge in [-0.3, -0.25) is 4.79 Å². The highest BCUT2D eigenvalue weighted by Gasteiger charge is 2.08. The first kappa shape index (κ1) is 14.3. The molecule has 2 nitrogen and oxygen atoms in total. The summed E-state index contributed by atoms with van der Waals surface area (Å²) in [6.45, 7) is 4.22. The number of amides is 1. The first-order chi connectivity index (χ1) is 9.61. The van der Waals surface area contributed by atoms with Crippen LogP contribution in [0.3, 0.4) is 0 Å². The average molecular weight is 271 g/mol. The van der Waals surface area contributed by atoms with Crippen molar-refractivity contribution in [3.63, 3.8) is 0 Å². The monoisotopic (exact) mass is 271 g/mol. The third kappa shape index (κ3) is 3.23. The van der Waals surface area contributed by atoms with Crippen LogP contribution in [-0.2, 0) is 13.0 Å². The molecule has 3 heteroatoms. The van der Waals surface area contributed by atoms with Crippen molar-refractivity contribution in [3.05, 3.63) is 70.5 Å². The van der Waals surface area contributed by atoms with Crippen molar-refractivity contribution in [2.45, 2.75) is 26.8 Å². The molecule has 0 radical (unpaired) electrons. The van der Waals surface area contributed by atoms with Gasteiger partial charge in [-0.15, -0.1) is 0 Å². The van der Waals surface area contributed by atoms with Crippen molar-refractivity contribution in [2.75, 3.05) is 0 Å². The summed E-state index contributed by atoms with van der Waals surface area (Å²) in [6.07, 6.45) is 0.932. The van der Waals surface area contributed by atoms with Gasteiger partial charge in [-0.2, -0.15) is 0 Å². The van der Waals surface area contributed by atoms with Gasteiger partial charge in [-0.25, -0.2) is 4.39 Å². The molecule has 0 saturated carbocycles. The van der Waals surface area contributed by atoms with Gasteiger partial charge in [0.05, 0.1) is 0 Å². The number of halogens is 1. The van der Waals surface area contributed by atoms with Crippen LogP contribution in [0.25, 0.3) is 0 Å². The zero-order chi connectivity index (χ0) is 14.5. The molecule has 104 valence electrons. The van der Waals surface area contributed by atoms with Gasteiger partial charge < -0.3 is 5.32 Å². The van der Waals surface area contributed by atoms with Crippen LogP contribution in [0.1, 0.15) is 34.0 Å². The van der Waals surface area contributed by atoms with Crippen LogP contribution < -0.4 is 5.32 Å². The maximum Gasteiger partial charge on any atom is 0.251 e. The second-order valence-electron chi connectivity index (χ2n) is 4.77. The standard InChI is InChI=1S/C17H18FNO/c1-3-13-6-4-5-7-15(13)11-19-17(20)14-8-9-16(18)12(2)10-14/h4-10H,3,11H2,1-2H3,(H,19,20). The van der Waals surface area contributed by atoms with Crippen molar-refractivity contribution in [1.82, 2.24) is 5.32 Å². The quantitative estimate of drug-likeness (QED) is 0.904. The number of carbonyl (C=O) groups excluding carboxylic acids is 1. The Hall–Kier alpha value is -2.16. The average Bonchev–Trinajstić information content (AvgIpc) is 2.47. The molecular formula is C17H18FNO. The summed E-state index contributed by atoms with van der Waals surface area (Å²) < 4.78 is 13.2. The summed E-state index contributed by atoms with van der Waals surface area (Å²) in [6, 6.07) is 12.4. The minimum atomic E-state index is -0.294. The number of rotatable bonds is 4. The second kappa shape index (κ2) is 6.33. The number of benzene rings is 2. The summed E-state index contributed by atoms with van der Waals surface area (Å²) in [5.41, 5.74) is 3.30. The Morgan fingerprint density at radius 2 is 1.85 bits per heavy atom. The molecule has 0 aliphatic heterocycles. The van der Waals surface area contributed by atoms with Gasteiger partial charge in [0.25, 0.3) is 5.91 Å². The molecular weight excluding hydrogens is 253 g/mol. The van der Waals surface area contributed by atoms with Gasteiger partial charge in [0.1, 0.15) is 5.82 Å². The lowest BCUT2D eigenvalue weighted by Gasteiger charge is -2.10. The maximum absolute atomic E-state index is 13.2. The summed E-state index contributed by atoms with van der Waals surface area (Å²) in [7, 11) is 0. The summed E-state index contributed by atoms with van der Waals surface area (Å²) in [4.78, 5) is 12.0. The zero-order valence-electron chi connectivity index (χ0n) is 11.7. The Bertz CT molecular complexity index is 622. The van der Waals surface area contributed by atoms with E-state index in [4.69, 9.17) is 0 Å². The van der Waals surface area contributed by atoms with Crippen molar-refractivity contribution in [1.29, 1.82) is 0 Å². The fourth-order valence-corrected chi connectivity index (χ4v) is 2.14. The number of aryl methyl sites for hydroxylation is 2. The topological polar surface area (TPSA) is 29.1 Å². The molecule has 0 aromatic heterocycles. The Labute approximate surface area is 118 Å². The van der Waals surface area contributed by atoms with Gasteiger partial charge in [-0.1, -0.05) is 31.2 Å². The third-order valence-corrected chi connectivity index (χ3v) is 3.36. The highest BCUT2D eigenvalue weighted by molar-refractivity contribution is 5.94.